The zero-order chi connectivity index (χ0) is 11.7. The summed E-state index contributed by atoms with van der Waals surface area (Å²) in [4.78, 5) is 16.8. The number of carbonyl (C=O) groups excluding carboxylic acids is 1. The Labute approximate surface area is 93.1 Å². The summed E-state index contributed by atoms with van der Waals surface area (Å²) in [6.45, 7) is 9.56. The molecule has 15 heavy (non-hydrogen) atoms. The third-order valence-corrected chi connectivity index (χ3v) is 1.99. The van der Waals surface area contributed by atoms with Crippen molar-refractivity contribution in [1.29, 1.82) is 0 Å². The number of hydroxylamine groups is 2. The van der Waals surface area contributed by atoms with Gasteiger partial charge in [0, 0.05) is 18.7 Å². The van der Waals surface area contributed by atoms with Crippen LogP contribution in [-0.4, -0.2) is 24.1 Å². The van der Waals surface area contributed by atoms with Gasteiger partial charge < -0.3 is 4.84 Å². The van der Waals surface area contributed by atoms with Gasteiger partial charge in [0.2, 0.25) is 0 Å². The van der Waals surface area contributed by atoms with Gasteiger partial charge in [-0.25, -0.2) is 4.79 Å². The fourth-order valence-electron chi connectivity index (χ4n) is 1.28. The average molecular weight is 213 g/mol. The van der Waals surface area contributed by atoms with Crippen molar-refractivity contribution in [3.63, 3.8) is 0 Å². The molecule has 0 rings (SSSR count). The summed E-state index contributed by atoms with van der Waals surface area (Å²) in [7, 11) is 0. The van der Waals surface area contributed by atoms with Gasteiger partial charge >= 0.3 is 5.97 Å². The lowest BCUT2D eigenvalue weighted by Gasteiger charge is -2.19. The van der Waals surface area contributed by atoms with Crippen LogP contribution in [0.4, 0.5) is 0 Å². The molecule has 0 amide bonds. The van der Waals surface area contributed by atoms with Crippen LogP contribution >= 0.6 is 0 Å². The fraction of sp³-hybridized carbons (Fsp3) is 0.750. The van der Waals surface area contributed by atoms with Gasteiger partial charge in [-0.15, -0.1) is 5.06 Å². The number of hydrogen-bond acceptors (Lipinski definition) is 3. The van der Waals surface area contributed by atoms with E-state index in [2.05, 4.69) is 13.8 Å². The number of nitrogens with zero attached hydrogens (tertiary/aromatic N) is 1. The molecule has 0 unspecified atom stereocenters. The van der Waals surface area contributed by atoms with Crippen LogP contribution in [0.25, 0.3) is 0 Å². The molecule has 0 aromatic rings. The highest BCUT2D eigenvalue weighted by Gasteiger charge is 2.11. The Morgan fingerprint density at radius 3 is 2.13 bits per heavy atom. The quantitative estimate of drug-likeness (QED) is 0.481. The molecule has 0 aromatic heterocycles. The van der Waals surface area contributed by atoms with Gasteiger partial charge in [-0.1, -0.05) is 26.8 Å². The first kappa shape index (κ1) is 14.2. The molecule has 0 aliphatic rings. The van der Waals surface area contributed by atoms with Gasteiger partial charge in [-0.05, 0) is 26.2 Å². The fourth-order valence-corrected chi connectivity index (χ4v) is 1.28. The maximum Gasteiger partial charge on any atom is 0.352 e. The van der Waals surface area contributed by atoms with E-state index in [1.54, 1.807) is 12.0 Å². The summed E-state index contributed by atoms with van der Waals surface area (Å²) in [5, 5.41) is 1.75. The van der Waals surface area contributed by atoms with E-state index in [0.717, 1.165) is 32.4 Å². The normalized spacial score (nSPS) is 11.9. The van der Waals surface area contributed by atoms with E-state index in [4.69, 9.17) is 4.84 Å². The van der Waals surface area contributed by atoms with Crippen molar-refractivity contribution in [2.45, 2.75) is 47.0 Å². The maximum absolute atomic E-state index is 11.6. The van der Waals surface area contributed by atoms with Crippen LogP contribution in [0.2, 0.25) is 0 Å². The van der Waals surface area contributed by atoms with Gasteiger partial charge in [-0.3, -0.25) is 0 Å². The highest BCUT2D eigenvalue weighted by Crippen LogP contribution is 2.03. The molecule has 0 saturated carbocycles. The number of rotatable bonds is 7. The molecule has 0 fully saturated rings. The minimum atomic E-state index is -0.223. The summed E-state index contributed by atoms with van der Waals surface area (Å²) in [6, 6.07) is 0. The molecule has 0 aliphatic heterocycles. The second kappa shape index (κ2) is 8.48. The predicted molar refractivity (Wildman–Crippen MR) is 62.3 cm³/mol. The Morgan fingerprint density at radius 2 is 1.73 bits per heavy atom. The Hall–Kier alpha value is -0.830. The third kappa shape index (κ3) is 6.28. The smallest absolute Gasteiger partial charge is 0.352 e. The van der Waals surface area contributed by atoms with Crippen molar-refractivity contribution in [2.75, 3.05) is 13.1 Å². The van der Waals surface area contributed by atoms with Crippen LogP contribution < -0.4 is 0 Å². The second-order valence-corrected chi connectivity index (χ2v) is 3.60. The minimum Gasteiger partial charge on any atom is -0.364 e. The molecule has 0 aromatic carbocycles. The first-order chi connectivity index (χ1) is 7.15. The molecule has 0 radical (unpaired) electrons. The lowest BCUT2D eigenvalue weighted by Crippen LogP contribution is -2.29. The van der Waals surface area contributed by atoms with Crippen LogP contribution in [0, 0.1) is 0 Å². The first-order valence-corrected chi connectivity index (χ1v) is 5.79. The van der Waals surface area contributed by atoms with E-state index in [9.17, 15) is 4.79 Å². The number of carbonyl (C=O) groups is 1. The van der Waals surface area contributed by atoms with Gasteiger partial charge in [0.05, 0.1) is 0 Å². The predicted octanol–water partition coefficient (Wildman–Crippen LogP) is 2.92. The number of hydrogen-bond donors (Lipinski definition) is 0. The van der Waals surface area contributed by atoms with Crippen LogP contribution in [0.15, 0.2) is 11.6 Å². The molecular weight excluding hydrogens is 190 g/mol. The van der Waals surface area contributed by atoms with Crippen LogP contribution in [0.3, 0.4) is 0 Å². The van der Waals surface area contributed by atoms with Gasteiger partial charge in [0.25, 0.3) is 0 Å². The van der Waals surface area contributed by atoms with Crippen molar-refractivity contribution in [1.82, 2.24) is 5.06 Å². The molecule has 88 valence electrons. The second-order valence-electron chi connectivity index (χ2n) is 3.60. The Bertz CT molecular complexity index is 206. The monoisotopic (exact) mass is 213 g/mol. The summed E-state index contributed by atoms with van der Waals surface area (Å²) >= 11 is 0. The Morgan fingerprint density at radius 1 is 1.20 bits per heavy atom. The molecule has 0 bridgehead atoms. The minimum absolute atomic E-state index is 0.223. The van der Waals surface area contributed by atoms with Gasteiger partial charge in [-0.2, -0.15) is 0 Å². The van der Waals surface area contributed by atoms with Gasteiger partial charge in [0.15, 0.2) is 0 Å². The zero-order valence-corrected chi connectivity index (χ0v) is 10.4. The van der Waals surface area contributed by atoms with Crippen LogP contribution in [-0.2, 0) is 9.63 Å². The molecule has 3 nitrogen and oxygen atoms in total. The van der Waals surface area contributed by atoms with E-state index in [1.165, 1.54) is 0 Å². The van der Waals surface area contributed by atoms with Crippen LogP contribution in [0.5, 0.6) is 0 Å². The van der Waals surface area contributed by atoms with E-state index >= 15 is 0 Å². The topological polar surface area (TPSA) is 29.5 Å². The highest BCUT2D eigenvalue weighted by atomic mass is 16.7. The molecule has 0 spiro atoms. The van der Waals surface area contributed by atoms with Crippen LogP contribution in [0.1, 0.15) is 47.0 Å². The summed E-state index contributed by atoms with van der Waals surface area (Å²) in [5.74, 6) is -0.223. The third-order valence-electron chi connectivity index (χ3n) is 1.99. The van der Waals surface area contributed by atoms with Crippen molar-refractivity contribution in [3.8, 4) is 0 Å². The summed E-state index contributed by atoms with van der Waals surface area (Å²) in [6.07, 6.45) is 4.73. The molecule has 0 N–H and O–H groups in total. The maximum atomic E-state index is 11.6. The number of allylic oxidation sites excluding steroid dienone is 1. The molecule has 0 aliphatic carbocycles. The molecule has 0 heterocycles. The highest BCUT2D eigenvalue weighted by molar-refractivity contribution is 5.87. The van der Waals surface area contributed by atoms with Crippen molar-refractivity contribution in [3.05, 3.63) is 11.6 Å². The van der Waals surface area contributed by atoms with E-state index < -0.39 is 0 Å². The standard InChI is InChI=1S/C12H23NO2/c1-5-8-11(4)12(14)15-13(9-6-2)10-7-3/h8H,5-7,9-10H2,1-4H3. The SMILES string of the molecule is CCC=C(C)C(=O)ON(CCC)CCC. The Balaban J connectivity index is 4.15. The van der Waals surface area contributed by atoms with Crippen molar-refractivity contribution < 1.29 is 9.63 Å². The summed E-state index contributed by atoms with van der Waals surface area (Å²) in [5.41, 5.74) is 0.690. The average Bonchev–Trinajstić information content (AvgIpc) is 2.18. The van der Waals surface area contributed by atoms with E-state index in [1.807, 2.05) is 13.0 Å². The summed E-state index contributed by atoms with van der Waals surface area (Å²) < 4.78 is 0. The molecule has 3 heteroatoms. The first-order valence-electron chi connectivity index (χ1n) is 5.79. The largest absolute Gasteiger partial charge is 0.364 e. The van der Waals surface area contributed by atoms with Gasteiger partial charge in [0.1, 0.15) is 0 Å². The lowest BCUT2D eigenvalue weighted by molar-refractivity contribution is -0.185. The molecule has 0 atom stereocenters. The zero-order valence-electron chi connectivity index (χ0n) is 10.4. The molecule has 0 saturated heterocycles. The van der Waals surface area contributed by atoms with Crippen molar-refractivity contribution >= 4 is 5.97 Å². The van der Waals surface area contributed by atoms with E-state index in [0.29, 0.717) is 5.57 Å². The molecular formula is C12H23NO2. The van der Waals surface area contributed by atoms with E-state index in [-0.39, 0.29) is 5.97 Å². The van der Waals surface area contributed by atoms with Crippen molar-refractivity contribution in [2.24, 2.45) is 0 Å². The lowest BCUT2D eigenvalue weighted by atomic mass is 10.2. The Kier molecular flexibility index (Phi) is 8.01.